The predicted octanol–water partition coefficient (Wildman–Crippen LogP) is 1.94. The van der Waals surface area contributed by atoms with Crippen molar-refractivity contribution in [2.75, 3.05) is 17.2 Å². The zero-order valence-corrected chi connectivity index (χ0v) is 12.2. The number of hydrogen-bond donors (Lipinski definition) is 2. The molecular weight excluding hydrogens is 310 g/mol. The number of aromatic nitrogens is 3. The molecule has 0 radical (unpaired) electrons. The van der Waals surface area contributed by atoms with Crippen molar-refractivity contribution in [3.05, 3.63) is 34.7 Å². The van der Waals surface area contributed by atoms with Crippen LogP contribution in [0.25, 0.3) is 0 Å². The van der Waals surface area contributed by atoms with Gasteiger partial charge in [0.1, 0.15) is 0 Å². The Labute approximate surface area is 119 Å². The van der Waals surface area contributed by atoms with Gasteiger partial charge in [-0.1, -0.05) is 0 Å². The second kappa shape index (κ2) is 5.83. The van der Waals surface area contributed by atoms with Crippen molar-refractivity contribution in [2.45, 2.75) is 6.92 Å². The summed E-state index contributed by atoms with van der Waals surface area (Å²) in [6.07, 6.45) is 3.46. The lowest BCUT2D eigenvalue weighted by Gasteiger charge is -2.09. The van der Waals surface area contributed by atoms with Crippen molar-refractivity contribution in [2.24, 2.45) is 7.05 Å². The lowest BCUT2D eigenvalue weighted by molar-refractivity contribution is -0.114. The van der Waals surface area contributed by atoms with Gasteiger partial charge in [-0.3, -0.25) is 14.5 Å². The Kier molecular flexibility index (Phi) is 4.16. The fourth-order valence-corrected chi connectivity index (χ4v) is 1.90. The molecule has 0 atom stereocenters. The summed E-state index contributed by atoms with van der Waals surface area (Å²) >= 11 is 3.43. The highest BCUT2D eigenvalue weighted by molar-refractivity contribution is 9.10. The van der Waals surface area contributed by atoms with Gasteiger partial charge in [0.05, 0.1) is 22.4 Å². The van der Waals surface area contributed by atoms with Gasteiger partial charge in [0, 0.05) is 25.5 Å². The Morgan fingerprint density at radius 2 is 2.26 bits per heavy atom. The Morgan fingerprint density at radius 3 is 2.95 bits per heavy atom. The molecule has 0 saturated heterocycles. The van der Waals surface area contributed by atoms with Crippen molar-refractivity contribution in [3.63, 3.8) is 0 Å². The number of anilines is 2. The van der Waals surface area contributed by atoms with Crippen LogP contribution in [0.15, 0.2) is 29.0 Å². The predicted molar refractivity (Wildman–Crippen MR) is 77.0 cm³/mol. The van der Waals surface area contributed by atoms with Crippen LogP contribution in [0.1, 0.15) is 5.69 Å². The first kappa shape index (κ1) is 13.5. The number of carbonyl (C=O) groups is 1. The molecule has 2 aromatic rings. The molecule has 2 aromatic heterocycles. The maximum atomic E-state index is 11.7. The second-order valence-electron chi connectivity index (χ2n) is 4.03. The van der Waals surface area contributed by atoms with E-state index in [2.05, 4.69) is 36.6 Å². The Hall–Kier alpha value is -1.89. The molecule has 0 aliphatic rings. The molecule has 0 aromatic carbocycles. The van der Waals surface area contributed by atoms with E-state index in [0.717, 1.165) is 15.9 Å². The van der Waals surface area contributed by atoms with Gasteiger partial charge in [-0.25, -0.2) is 0 Å². The molecule has 0 aliphatic heterocycles. The summed E-state index contributed by atoms with van der Waals surface area (Å²) in [6.45, 7) is 2.06. The largest absolute Gasteiger partial charge is 0.375 e. The summed E-state index contributed by atoms with van der Waals surface area (Å²) in [4.78, 5) is 15.9. The first-order chi connectivity index (χ1) is 9.06. The number of hydrogen-bond acceptors (Lipinski definition) is 4. The highest BCUT2D eigenvalue weighted by atomic mass is 79.9. The second-order valence-corrected chi connectivity index (χ2v) is 4.83. The van der Waals surface area contributed by atoms with Gasteiger partial charge in [-0.05, 0) is 28.9 Å². The van der Waals surface area contributed by atoms with E-state index in [1.165, 1.54) is 0 Å². The lowest BCUT2D eigenvalue weighted by atomic mass is 10.3. The molecule has 0 unspecified atom stereocenters. The molecule has 0 bridgehead atoms. The monoisotopic (exact) mass is 323 g/mol. The molecule has 0 fully saturated rings. The van der Waals surface area contributed by atoms with Gasteiger partial charge in [0.15, 0.2) is 5.82 Å². The summed E-state index contributed by atoms with van der Waals surface area (Å²) in [5.41, 5.74) is 1.71. The van der Waals surface area contributed by atoms with E-state index in [1.807, 2.05) is 13.0 Å². The first-order valence-corrected chi connectivity index (χ1v) is 6.50. The molecule has 0 spiro atoms. The van der Waals surface area contributed by atoms with Gasteiger partial charge in [0.25, 0.3) is 0 Å². The van der Waals surface area contributed by atoms with E-state index in [4.69, 9.17) is 0 Å². The normalized spacial score (nSPS) is 10.3. The summed E-state index contributed by atoms with van der Waals surface area (Å²) in [6, 6.07) is 3.55. The van der Waals surface area contributed by atoms with Crippen LogP contribution in [0.3, 0.4) is 0 Å². The van der Waals surface area contributed by atoms with Crippen molar-refractivity contribution in [3.8, 4) is 0 Å². The van der Waals surface area contributed by atoms with Gasteiger partial charge < -0.3 is 10.6 Å². The lowest BCUT2D eigenvalue weighted by Crippen LogP contribution is -2.22. The number of halogens is 1. The quantitative estimate of drug-likeness (QED) is 0.902. The molecule has 6 nitrogen and oxygen atoms in total. The SMILES string of the molecule is Cc1nccc(NCC(=O)Nc2ccn(C)n2)c1Br. The molecule has 100 valence electrons. The third-order valence-electron chi connectivity index (χ3n) is 2.48. The number of rotatable bonds is 4. The summed E-state index contributed by atoms with van der Waals surface area (Å²) < 4.78 is 2.49. The highest BCUT2D eigenvalue weighted by Crippen LogP contribution is 2.23. The molecule has 19 heavy (non-hydrogen) atoms. The topological polar surface area (TPSA) is 71.8 Å². The molecule has 2 N–H and O–H groups in total. The minimum atomic E-state index is -0.153. The molecule has 0 aliphatic carbocycles. The third-order valence-corrected chi connectivity index (χ3v) is 3.48. The fraction of sp³-hybridized carbons (Fsp3) is 0.250. The first-order valence-electron chi connectivity index (χ1n) is 5.71. The van der Waals surface area contributed by atoms with Crippen LogP contribution in [0, 0.1) is 6.92 Å². The van der Waals surface area contributed by atoms with Crippen LogP contribution in [0.5, 0.6) is 0 Å². The van der Waals surface area contributed by atoms with E-state index in [9.17, 15) is 4.79 Å². The zero-order valence-electron chi connectivity index (χ0n) is 10.6. The average Bonchev–Trinajstić information content (AvgIpc) is 2.76. The van der Waals surface area contributed by atoms with Gasteiger partial charge >= 0.3 is 0 Å². The van der Waals surface area contributed by atoms with Crippen LogP contribution >= 0.6 is 15.9 Å². The molecule has 2 rings (SSSR count). The van der Waals surface area contributed by atoms with Gasteiger partial charge in [0.2, 0.25) is 5.91 Å². The minimum Gasteiger partial charge on any atom is -0.375 e. The third kappa shape index (κ3) is 3.54. The number of carbonyl (C=O) groups excluding carboxylic acids is 1. The van der Waals surface area contributed by atoms with E-state index < -0.39 is 0 Å². The van der Waals surface area contributed by atoms with Gasteiger partial charge in [-0.2, -0.15) is 5.10 Å². The van der Waals surface area contributed by atoms with E-state index >= 15 is 0 Å². The van der Waals surface area contributed by atoms with Crippen LogP contribution in [0.2, 0.25) is 0 Å². The zero-order chi connectivity index (χ0) is 13.8. The van der Waals surface area contributed by atoms with Crippen LogP contribution in [-0.2, 0) is 11.8 Å². The van der Waals surface area contributed by atoms with E-state index in [0.29, 0.717) is 5.82 Å². The molecule has 1 amide bonds. The van der Waals surface area contributed by atoms with E-state index in [1.54, 1.807) is 30.2 Å². The van der Waals surface area contributed by atoms with Crippen LogP contribution in [-0.4, -0.2) is 27.2 Å². The van der Waals surface area contributed by atoms with Crippen molar-refractivity contribution in [1.29, 1.82) is 0 Å². The number of amides is 1. The molecular formula is C12H14BrN5O. The standard InChI is InChI=1S/C12H14BrN5O/c1-8-12(13)9(3-5-14-8)15-7-11(19)16-10-4-6-18(2)17-10/h3-6H,7H2,1-2H3,(H,14,15)(H,16,17,19). The van der Waals surface area contributed by atoms with Crippen molar-refractivity contribution >= 4 is 33.3 Å². The summed E-state index contributed by atoms with van der Waals surface area (Å²) in [5.74, 6) is 0.388. The van der Waals surface area contributed by atoms with Crippen molar-refractivity contribution in [1.82, 2.24) is 14.8 Å². The van der Waals surface area contributed by atoms with Crippen molar-refractivity contribution < 1.29 is 4.79 Å². The maximum Gasteiger partial charge on any atom is 0.244 e. The highest BCUT2D eigenvalue weighted by Gasteiger charge is 2.07. The van der Waals surface area contributed by atoms with Crippen LogP contribution in [0.4, 0.5) is 11.5 Å². The Morgan fingerprint density at radius 1 is 1.47 bits per heavy atom. The number of nitrogens with zero attached hydrogens (tertiary/aromatic N) is 3. The van der Waals surface area contributed by atoms with Crippen LogP contribution < -0.4 is 10.6 Å². The summed E-state index contributed by atoms with van der Waals surface area (Å²) in [7, 11) is 1.80. The number of nitrogens with one attached hydrogen (secondary N) is 2. The number of aryl methyl sites for hydroxylation is 2. The minimum absolute atomic E-state index is 0.153. The van der Waals surface area contributed by atoms with E-state index in [-0.39, 0.29) is 12.5 Å². The Balaban J connectivity index is 1.91. The molecule has 0 saturated carbocycles. The van der Waals surface area contributed by atoms with Gasteiger partial charge in [-0.15, -0.1) is 0 Å². The summed E-state index contributed by atoms with van der Waals surface area (Å²) in [5, 5.41) is 9.82. The molecule has 2 heterocycles. The smallest absolute Gasteiger partial charge is 0.244 e. The molecule has 7 heteroatoms. The fourth-order valence-electron chi connectivity index (χ4n) is 1.53. The average molecular weight is 324 g/mol. The number of pyridine rings is 1. The Bertz CT molecular complexity index is 596. The maximum absolute atomic E-state index is 11.7.